The quantitative estimate of drug-likeness (QED) is 0.924. The van der Waals surface area contributed by atoms with Gasteiger partial charge < -0.3 is 14.6 Å². The van der Waals surface area contributed by atoms with Crippen LogP contribution in [0.4, 0.5) is 6.01 Å². The zero-order valence-corrected chi connectivity index (χ0v) is 14.9. The SMILES string of the molecule is C[C@@H]1CCCC[C@@H]1NC(=O)[C@H]1CCCN(c2nc3ccccc3o2)C1. The number of nitrogens with one attached hydrogen (secondary N) is 1. The van der Waals surface area contributed by atoms with Crippen LogP contribution >= 0.6 is 0 Å². The van der Waals surface area contributed by atoms with Gasteiger partial charge in [-0.15, -0.1) is 0 Å². The van der Waals surface area contributed by atoms with E-state index in [2.05, 4.69) is 22.1 Å². The zero-order chi connectivity index (χ0) is 17.2. The summed E-state index contributed by atoms with van der Waals surface area (Å²) in [5, 5.41) is 3.32. The second kappa shape index (κ2) is 7.06. The van der Waals surface area contributed by atoms with Gasteiger partial charge in [-0.05, 0) is 43.7 Å². The third kappa shape index (κ3) is 3.51. The summed E-state index contributed by atoms with van der Waals surface area (Å²) in [6.07, 6.45) is 6.82. The number of amides is 1. The van der Waals surface area contributed by atoms with Crippen molar-refractivity contribution in [1.82, 2.24) is 10.3 Å². The van der Waals surface area contributed by atoms with Crippen molar-refractivity contribution >= 4 is 23.0 Å². The second-order valence-electron chi connectivity index (χ2n) is 7.63. The number of aromatic nitrogens is 1. The lowest BCUT2D eigenvalue weighted by Gasteiger charge is -2.34. The Hall–Kier alpha value is -2.04. The van der Waals surface area contributed by atoms with Crippen molar-refractivity contribution in [3.63, 3.8) is 0 Å². The highest BCUT2D eigenvalue weighted by atomic mass is 16.4. The Labute approximate surface area is 148 Å². The van der Waals surface area contributed by atoms with Gasteiger partial charge in [-0.2, -0.15) is 4.98 Å². The Morgan fingerprint density at radius 1 is 1.20 bits per heavy atom. The first-order chi connectivity index (χ1) is 12.2. The minimum Gasteiger partial charge on any atom is -0.423 e. The number of carbonyl (C=O) groups excluding carboxylic acids is 1. The zero-order valence-electron chi connectivity index (χ0n) is 14.9. The number of carbonyl (C=O) groups is 1. The minimum absolute atomic E-state index is 0.0258. The van der Waals surface area contributed by atoms with Gasteiger partial charge in [0.2, 0.25) is 5.91 Å². The lowest BCUT2D eigenvalue weighted by atomic mass is 9.85. The Kier molecular flexibility index (Phi) is 4.64. The molecule has 1 aromatic carbocycles. The molecule has 1 aliphatic heterocycles. The van der Waals surface area contributed by atoms with Gasteiger partial charge in [0, 0.05) is 19.1 Å². The number of hydrogen-bond acceptors (Lipinski definition) is 4. The third-order valence-corrected chi connectivity index (χ3v) is 5.78. The molecule has 0 radical (unpaired) electrons. The van der Waals surface area contributed by atoms with E-state index in [-0.39, 0.29) is 11.8 Å². The highest BCUT2D eigenvalue weighted by molar-refractivity contribution is 5.80. The first-order valence-corrected chi connectivity index (χ1v) is 9.61. The van der Waals surface area contributed by atoms with Gasteiger partial charge in [0.05, 0.1) is 5.92 Å². The van der Waals surface area contributed by atoms with E-state index in [0.29, 0.717) is 24.5 Å². The third-order valence-electron chi connectivity index (χ3n) is 5.78. The molecule has 3 atom stereocenters. The molecule has 0 spiro atoms. The van der Waals surface area contributed by atoms with Crippen molar-refractivity contribution in [2.45, 2.75) is 51.5 Å². The van der Waals surface area contributed by atoms with Crippen LogP contribution in [0.1, 0.15) is 45.4 Å². The van der Waals surface area contributed by atoms with Gasteiger partial charge in [-0.3, -0.25) is 4.79 Å². The van der Waals surface area contributed by atoms with E-state index in [1.165, 1.54) is 19.3 Å². The number of rotatable bonds is 3. The predicted octanol–water partition coefficient (Wildman–Crippen LogP) is 3.74. The number of para-hydroxylation sites is 2. The van der Waals surface area contributed by atoms with Crippen molar-refractivity contribution in [3.8, 4) is 0 Å². The van der Waals surface area contributed by atoms with Crippen LogP contribution in [0.15, 0.2) is 28.7 Å². The maximum atomic E-state index is 12.8. The van der Waals surface area contributed by atoms with E-state index in [9.17, 15) is 4.79 Å². The summed E-state index contributed by atoms with van der Waals surface area (Å²) in [6, 6.07) is 8.80. The Morgan fingerprint density at radius 2 is 2.04 bits per heavy atom. The van der Waals surface area contributed by atoms with Crippen LogP contribution in [0.25, 0.3) is 11.1 Å². The Bertz CT molecular complexity index is 708. The van der Waals surface area contributed by atoms with Crippen LogP contribution in [0.3, 0.4) is 0 Å². The molecule has 0 unspecified atom stereocenters. The number of anilines is 1. The first kappa shape index (κ1) is 16.4. The van der Waals surface area contributed by atoms with Crippen LogP contribution in [-0.2, 0) is 4.79 Å². The standard InChI is InChI=1S/C20H27N3O2/c1-14-7-2-3-9-16(14)21-19(24)15-8-6-12-23(13-15)20-22-17-10-4-5-11-18(17)25-20/h4-5,10-11,14-16H,2-3,6-9,12-13H2,1H3,(H,21,24)/t14-,15+,16+/m1/s1. The molecule has 4 rings (SSSR count). The van der Waals surface area contributed by atoms with Gasteiger partial charge in [0.25, 0.3) is 6.01 Å². The second-order valence-corrected chi connectivity index (χ2v) is 7.63. The molecule has 1 saturated carbocycles. The molecule has 25 heavy (non-hydrogen) atoms. The molecule has 1 aromatic heterocycles. The van der Waals surface area contributed by atoms with Crippen molar-refractivity contribution in [1.29, 1.82) is 0 Å². The maximum absolute atomic E-state index is 12.8. The van der Waals surface area contributed by atoms with Crippen molar-refractivity contribution in [2.24, 2.45) is 11.8 Å². The summed E-state index contributed by atoms with van der Waals surface area (Å²) in [4.78, 5) is 19.5. The highest BCUT2D eigenvalue weighted by Gasteiger charge is 2.31. The van der Waals surface area contributed by atoms with E-state index >= 15 is 0 Å². The fourth-order valence-electron chi connectivity index (χ4n) is 4.19. The molecule has 134 valence electrons. The van der Waals surface area contributed by atoms with Crippen LogP contribution in [0.5, 0.6) is 0 Å². The number of fused-ring (bicyclic) bond motifs is 1. The summed E-state index contributed by atoms with van der Waals surface area (Å²) in [7, 11) is 0. The summed E-state index contributed by atoms with van der Waals surface area (Å²) < 4.78 is 5.89. The summed E-state index contributed by atoms with van der Waals surface area (Å²) in [5.41, 5.74) is 1.68. The normalized spacial score (nSPS) is 27.4. The van der Waals surface area contributed by atoms with E-state index in [0.717, 1.165) is 36.9 Å². The average Bonchev–Trinajstić information content (AvgIpc) is 3.08. The lowest BCUT2D eigenvalue weighted by Crippen LogP contribution is -2.48. The van der Waals surface area contributed by atoms with E-state index in [1.807, 2.05) is 24.3 Å². The van der Waals surface area contributed by atoms with Gasteiger partial charge in [0.15, 0.2) is 5.58 Å². The van der Waals surface area contributed by atoms with E-state index < -0.39 is 0 Å². The van der Waals surface area contributed by atoms with Crippen molar-refractivity contribution in [3.05, 3.63) is 24.3 Å². The fourth-order valence-corrected chi connectivity index (χ4v) is 4.19. The largest absolute Gasteiger partial charge is 0.423 e. The Balaban J connectivity index is 1.42. The van der Waals surface area contributed by atoms with Crippen LogP contribution < -0.4 is 10.2 Å². The molecular weight excluding hydrogens is 314 g/mol. The van der Waals surface area contributed by atoms with Gasteiger partial charge in [-0.1, -0.05) is 31.9 Å². The lowest BCUT2D eigenvalue weighted by molar-refractivity contribution is -0.126. The maximum Gasteiger partial charge on any atom is 0.298 e. The number of hydrogen-bond donors (Lipinski definition) is 1. The molecule has 5 nitrogen and oxygen atoms in total. The molecular formula is C20H27N3O2. The van der Waals surface area contributed by atoms with Crippen molar-refractivity contribution in [2.75, 3.05) is 18.0 Å². The fraction of sp³-hybridized carbons (Fsp3) is 0.600. The summed E-state index contributed by atoms with van der Waals surface area (Å²) >= 11 is 0. The molecule has 0 bridgehead atoms. The summed E-state index contributed by atoms with van der Waals surface area (Å²) in [6.45, 7) is 3.85. The number of benzene rings is 1. The van der Waals surface area contributed by atoms with Crippen LogP contribution in [0, 0.1) is 11.8 Å². The number of piperidine rings is 1. The smallest absolute Gasteiger partial charge is 0.298 e. The van der Waals surface area contributed by atoms with Gasteiger partial charge in [-0.25, -0.2) is 0 Å². The highest BCUT2D eigenvalue weighted by Crippen LogP contribution is 2.28. The van der Waals surface area contributed by atoms with Gasteiger partial charge >= 0.3 is 0 Å². The molecule has 2 aliphatic rings. The molecule has 5 heteroatoms. The molecule has 1 amide bonds. The molecule has 2 heterocycles. The van der Waals surface area contributed by atoms with Crippen LogP contribution in [0.2, 0.25) is 0 Å². The molecule has 1 N–H and O–H groups in total. The van der Waals surface area contributed by atoms with Crippen molar-refractivity contribution < 1.29 is 9.21 Å². The first-order valence-electron chi connectivity index (χ1n) is 9.61. The average molecular weight is 341 g/mol. The molecule has 2 fully saturated rings. The predicted molar refractivity (Wildman–Crippen MR) is 98.5 cm³/mol. The Morgan fingerprint density at radius 3 is 2.88 bits per heavy atom. The summed E-state index contributed by atoms with van der Waals surface area (Å²) in [5.74, 6) is 0.826. The monoisotopic (exact) mass is 341 g/mol. The number of nitrogens with zero attached hydrogens (tertiary/aromatic N) is 2. The number of oxazole rings is 1. The molecule has 1 aliphatic carbocycles. The van der Waals surface area contributed by atoms with E-state index in [4.69, 9.17) is 4.42 Å². The van der Waals surface area contributed by atoms with Crippen LogP contribution in [-0.4, -0.2) is 30.0 Å². The minimum atomic E-state index is 0.0258. The topological polar surface area (TPSA) is 58.4 Å². The van der Waals surface area contributed by atoms with E-state index in [1.54, 1.807) is 0 Å². The van der Waals surface area contributed by atoms with Gasteiger partial charge in [0.1, 0.15) is 5.52 Å². The molecule has 2 aromatic rings. The molecule has 1 saturated heterocycles.